The van der Waals surface area contributed by atoms with E-state index in [-0.39, 0.29) is 10.6 Å². The van der Waals surface area contributed by atoms with E-state index in [1.807, 2.05) is 0 Å². The van der Waals surface area contributed by atoms with Gasteiger partial charge in [-0.05, 0) is 12.1 Å². The number of thiol groups is 1. The molecule has 0 aliphatic carbocycles. The molecule has 0 nitrogen and oxygen atoms in total. The third kappa shape index (κ3) is 2.45. The fraction of sp³-hybridized carbons (Fsp3) is 0.111. The van der Waals surface area contributed by atoms with Gasteiger partial charge in [-0.25, -0.2) is 8.78 Å². The quantitative estimate of drug-likeness (QED) is 0.572. The van der Waals surface area contributed by atoms with Gasteiger partial charge in [0.05, 0.1) is 5.02 Å². The zero-order valence-corrected chi connectivity index (χ0v) is 8.25. The van der Waals surface area contributed by atoms with Crippen LogP contribution in [0.15, 0.2) is 18.2 Å². The first-order valence-corrected chi connectivity index (χ1v) is 4.58. The lowest BCUT2D eigenvalue weighted by molar-refractivity contribution is 0.579. The standard InChI is InChI=1S/C9H7ClF2S/c10-7-3-4-8(11)6(9(7)12)2-1-5-13/h1-4,13H,5H2. The van der Waals surface area contributed by atoms with Crippen molar-refractivity contribution in [1.29, 1.82) is 0 Å². The van der Waals surface area contributed by atoms with E-state index in [0.29, 0.717) is 5.75 Å². The Balaban J connectivity index is 3.17. The summed E-state index contributed by atoms with van der Waals surface area (Å²) in [6.45, 7) is 0. The first-order valence-electron chi connectivity index (χ1n) is 3.57. The smallest absolute Gasteiger partial charge is 0.151 e. The molecular weight excluding hydrogens is 214 g/mol. The maximum Gasteiger partial charge on any atom is 0.151 e. The molecular formula is C9H7ClF2S. The highest BCUT2D eigenvalue weighted by Crippen LogP contribution is 2.21. The summed E-state index contributed by atoms with van der Waals surface area (Å²) in [7, 11) is 0. The first-order chi connectivity index (χ1) is 6.16. The van der Waals surface area contributed by atoms with Crippen LogP contribution < -0.4 is 0 Å². The minimum absolute atomic E-state index is 0.0831. The third-order valence-corrected chi connectivity index (χ3v) is 1.97. The predicted molar refractivity (Wildman–Crippen MR) is 54.3 cm³/mol. The largest absolute Gasteiger partial charge is 0.206 e. The molecule has 4 heteroatoms. The topological polar surface area (TPSA) is 0 Å². The zero-order valence-electron chi connectivity index (χ0n) is 6.60. The lowest BCUT2D eigenvalue weighted by atomic mass is 10.2. The first kappa shape index (κ1) is 10.5. The summed E-state index contributed by atoms with van der Waals surface area (Å²) >= 11 is 9.35. The molecule has 0 fully saturated rings. The van der Waals surface area contributed by atoms with Crippen molar-refractivity contribution in [2.24, 2.45) is 0 Å². The Bertz CT molecular complexity index is 337. The van der Waals surface area contributed by atoms with Crippen molar-refractivity contribution in [3.05, 3.63) is 40.4 Å². The summed E-state index contributed by atoms with van der Waals surface area (Å²) in [6.07, 6.45) is 2.87. The van der Waals surface area contributed by atoms with Crippen LogP contribution in [-0.2, 0) is 0 Å². The monoisotopic (exact) mass is 220 g/mol. The van der Waals surface area contributed by atoms with Crippen LogP contribution in [0.4, 0.5) is 8.78 Å². The molecule has 0 N–H and O–H groups in total. The second kappa shape index (κ2) is 4.63. The van der Waals surface area contributed by atoms with Gasteiger partial charge in [-0.2, -0.15) is 12.6 Å². The number of hydrogen-bond acceptors (Lipinski definition) is 1. The molecule has 0 saturated heterocycles. The van der Waals surface area contributed by atoms with E-state index in [0.717, 1.165) is 6.07 Å². The Kier molecular flexibility index (Phi) is 3.75. The summed E-state index contributed by atoms with van der Waals surface area (Å²) in [6, 6.07) is 2.31. The van der Waals surface area contributed by atoms with E-state index >= 15 is 0 Å². The van der Waals surface area contributed by atoms with E-state index in [2.05, 4.69) is 12.6 Å². The van der Waals surface area contributed by atoms with Crippen molar-refractivity contribution in [2.45, 2.75) is 0 Å². The van der Waals surface area contributed by atoms with Crippen molar-refractivity contribution < 1.29 is 8.78 Å². The van der Waals surface area contributed by atoms with Crippen molar-refractivity contribution in [1.82, 2.24) is 0 Å². The van der Waals surface area contributed by atoms with Gasteiger partial charge in [-0.15, -0.1) is 0 Å². The minimum atomic E-state index is -0.736. The van der Waals surface area contributed by atoms with Crippen LogP contribution in [0.25, 0.3) is 6.08 Å². The lowest BCUT2D eigenvalue weighted by Gasteiger charge is -2.00. The van der Waals surface area contributed by atoms with Gasteiger partial charge < -0.3 is 0 Å². The summed E-state index contributed by atoms with van der Waals surface area (Å²) in [5, 5.41) is -0.0831. The second-order valence-corrected chi connectivity index (χ2v) is 3.11. The van der Waals surface area contributed by atoms with E-state index in [1.165, 1.54) is 12.1 Å². The Labute approximate surface area is 85.6 Å². The van der Waals surface area contributed by atoms with Crippen molar-refractivity contribution in [2.75, 3.05) is 5.75 Å². The molecule has 0 atom stereocenters. The van der Waals surface area contributed by atoms with Crippen LogP contribution in [0.3, 0.4) is 0 Å². The maximum absolute atomic E-state index is 13.1. The SMILES string of the molecule is Fc1ccc(Cl)c(F)c1C=CCS. The molecule has 0 aliphatic heterocycles. The van der Waals surface area contributed by atoms with Gasteiger partial charge in [0.2, 0.25) is 0 Å². The Hall–Kier alpha value is -0.540. The van der Waals surface area contributed by atoms with Gasteiger partial charge in [-0.1, -0.05) is 23.8 Å². The minimum Gasteiger partial charge on any atom is -0.206 e. The van der Waals surface area contributed by atoms with Crippen molar-refractivity contribution >= 4 is 30.3 Å². The number of benzene rings is 1. The van der Waals surface area contributed by atoms with Crippen LogP contribution >= 0.6 is 24.2 Å². The van der Waals surface area contributed by atoms with E-state index < -0.39 is 11.6 Å². The molecule has 0 heterocycles. The molecule has 70 valence electrons. The summed E-state index contributed by atoms with van der Waals surface area (Å²) in [5.74, 6) is -0.939. The lowest BCUT2D eigenvalue weighted by Crippen LogP contribution is -1.89. The average molecular weight is 221 g/mol. The van der Waals surface area contributed by atoms with E-state index in [4.69, 9.17) is 11.6 Å². The number of hydrogen-bond donors (Lipinski definition) is 1. The van der Waals surface area contributed by atoms with Crippen LogP contribution in [0.2, 0.25) is 5.02 Å². The second-order valence-electron chi connectivity index (χ2n) is 2.34. The molecule has 1 rings (SSSR count). The van der Waals surface area contributed by atoms with Crippen molar-refractivity contribution in [3.63, 3.8) is 0 Å². The van der Waals surface area contributed by atoms with Crippen LogP contribution in [0, 0.1) is 11.6 Å². The van der Waals surface area contributed by atoms with Crippen LogP contribution in [0.1, 0.15) is 5.56 Å². The van der Waals surface area contributed by atoms with E-state index in [1.54, 1.807) is 6.08 Å². The molecule has 0 amide bonds. The van der Waals surface area contributed by atoms with Gasteiger partial charge in [0.1, 0.15) is 5.82 Å². The Morgan fingerprint density at radius 3 is 2.69 bits per heavy atom. The maximum atomic E-state index is 13.1. The molecule has 0 bridgehead atoms. The van der Waals surface area contributed by atoms with Gasteiger partial charge in [0, 0.05) is 11.3 Å². The third-order valence-electron chi connectivity index (χ3n) is 1.47. The zero-order chi connectivity index (χ0) is 9.84. The molecule has 0 aromatic heterocycles. The summed E-state index contributed by atoms with van der Waals surface area (Å²) < 4.78 is 26.1. The van der Waals surface area contributed by atoms with E-state index in [9.17, 15) is 8.78 Å². The molecule has 0 aliphatic rings. The van der Waals surface area contributed by atoms with Crippen LogP contribution in [0.5, 0.6) is 0 Å². The molecule has 0 saturated carbocycles. The highest BCUT2D eigenvalue weighted by Gasteiger charge is 2.08. The van der Waals surface area contributed by atoms with Crippen LogP contribution in [-0.4, -0.2) is 5.75 Å². The number of rotatable bonds is 2. The summed E-state index contributed by atoms with van der Waals surface area (Å²) in [5.41, 5.74) is -0.124. The molecule has 1 aromatic rings. The molecule has 0 unspecified atom stereocenters. The molecule has 13 heavy (non-hydrogen) atoms. The normalized spacial score (nSPS) is 11.1. The predicted octanol–water partition coefficient (Wildman–Crippen LogP) is 3.56. The Morgan fingerprint density at radius 1 is 1.38 bits per heavy atom. The molecule has 0 spiro atoms. The fourth-order valence-electron chi connectivity index (χ4n) is 0.866. The summed E-state index contributed by atoms with van der Waals surface area (Å²) in [4.78, 5) is 0. The molecule has 1 aromatic carbocycles. The Morgan fingerprint density at radius 2 is 2.08 bits per heavy atom. The molecule has 0 radical (unpaired) electrons. The van der Waals surface area contributed by atoms with Gasteiger partial charge in [-0.3, -0.25) is 0 Å². The average Bonchev–Trinajstić information content (AvgIpc) is 2.12. The highest BCUT2D eigenvalue weighted by molar-refractivity contribution is 7.80. The van der Waals surface area contributed by atoms with Gasteiger partial charge >= 0.3 is 0 Å². The highest BCUT2D eigenvalue weighted by atomic mass is 35.5. The fourth-order valence-corrected chi connectivity index (χ4v) is 1.14. The van der Waals surface area contributed by atoms with Gasteiger partial charge in [0.25, 0.3) is 0 Å². The van der Waals surface area contributed by atoms with Gasteiger partial charge in [0.15, 0.2) is 5.82 Å². The van der Waals surface area contributed by atoms with Crippen molar-refractivity contribution in [3.8, 4) is 0 Å². The number of halogens is 3.